The quantitative estimate of drug-likeness (QED) is 0.0126. The molecule has 16 heteroatoms. The van der Waals surface area contributed by atoms with E-state index in [1.807, 2.05) is 54.7 Å². The van der Waals surface area contributed by atoms with Gasteiger partial charge < -0.3 is 34.4 Å². The SMILES string of the molecule is CC/C=C\CC(O)/C=C/C=C/C/C=C\C/C=C\C/C=C\CCC(=O)O[C@H](COC(=O)CCCCCCCCCCCCCCCCC(C)CC)COP(=O)(O)OC[C@@H](O)COP(=O)(O)O. The number of aliphatic hydroxyl groups is 2. The molecule has 0 amide bonds. The van der Waals surface area contributed by atoms with Gasteiger partial charge in [0.05, 0.1) is 25.9 Å². The van der Waals surface area contributed by atoms with Gasteiger partial charge in [0.15, 0.2) is 6.10 Å². The Kier molecular flexibility index (Phi) is 41.2. The highest BCUT2D eigenvalue weighted by Gasteiger charge is 2.28. The molecule has 376 valence electrons. The number of rotatable bonds is 44. The summed E-state index contributed by atoms with van der Waals surface area (Å²) >= 11 is 0. The van der Waals surface area contributed by atoms with Gasteiger partial charge in [-0.2, -0.15) is 0 Å². The molecule has 0 rings (SSSR count). The lowest BCUT2D eigenvalue weighted by atomic mass is 9.99. The second-order valence-electron chi connectivity index (χ2n) is 16.5. The number of carbonyl (C=O) groups excluding carboxylic acids is 2. The van der Waals surface area contributed by atoms with E-state index in [2.05, 4.69) is 42.0 Å². The molecule has 0 aliphatic rings. The highest BCUT2D eigenvalue weighted by Crippen LogP contribution is 2.43. The second-order valence-corrected chi connectivity index (χ2v) is 19.1. The van der Waals surface area contributed by atoms with Crippen molar-refractivity contribution in [2.75, 3.05) is 26.4 Å². The van der Waals surface area contributed by atoms with Crippen LogP contribution in [0.2, 0.25) is 0 Å². The molecular weight excluding hydrogens is 874 g/mol. The maximum atomic E-state index is 12.7. The fourth-order valence-corrected chi connectivity index (χ4v) is 7.35. The molecule has 0 aromatic heterocycles. The predicted molar refractivity (Wildman–Crippen MR) is 259 cm³/mol. The second kappa shape index (κ2) is 42.8. The molecule has 5 atom stereocenters. The van der Waals surface area contributed by atoms with E-state index in [0.29, 0.717) is 25.7 Å². The normalized spacial score (nSPS) is 15.5. The van der Waals surface area contributed by atoms with Crippen LogP contribution in [-0.2, 0) is 41.8 Å². The van der Waals surface area contributed by atoms with Crippen LogP contribution in [0.5, 0.6) is 0 Å². The minimum atomic E-state index is -4.88. The Morgan fingerprint density at radius 2 is 1.09 bits per heavy atom. The zero-order valence-electron chi connectivity index (χ0n) is 39.8. The maximum Gasteiger partial charge on any atom is 0.472 e. The number of hydrogen-bond donors (Lipinski definition) is 5. The van der Waals surface area contributed by atoms with E-state index >= 15 is 0 Å². The largest absolute Gasteiger partial charge is 0.472 e. The number of unbranched alkanes of at least 4 members (excludes halogenated alkanes) is 13. The van der Waals surface area contributed by atoms with Gasteiger partial charge >= 0.3 is 27.6 Å². The Hall–Kier alpha value is -2.48. The lowest BCUT2D eigenvalue weighted by molar-refractivity contribution is -0.161. The van der Waals surface area contributed by atoms with Crippen molar-refractivity contribution < 1.29 is 66.7 Å². The van der Waals surface area contributed by atoms with Crippen molar-refractivity contribution in [3.8, 4) is 0 Å². The summed E-state index contributed by atoms with van der Waals surface area (Å²) in [4.78, 5) is 52.8. The van der Waals surface area contributed by atoms with Gasteiger partial charge in [-0.25, -0.2) is 9.13 Å². The van der Waals surface area contributed by atoms with Crippen LogP contribution in [0.4, 0.5) is 0 Å². The minimum Gasteiger partial charge on any atom is -0.462 e. The molecule has 0 bridgehead atoms. The van der Waals surface area contributed by atoms with Gasteiger partial charge in [0.1, 0.15) is 12.7 Å². The average Bonchev–Trinajstić information content (AvgIpc) is 3.26. The first-order valence-corrected chi connectivity index (χ1v) is 27.2. The van der Waals surface area contributed by atoms with Crippen molar-refractivity contribution in [2.45, 2.75) is 193 Å². The smallest absolute Gasteiger partial charge is 0.462 e. The molecule has 0 spiro atoms. The van der Waals surface area contributed by atoms with Gasteiger partial charge in [-0.1, -0.05) is 190 Å². The third-order valence-corrected chi connectivity index (χ3v) is 11.7. The molecule has 0 radical (unpaired) electrons. The van der Waals surface area contributed by atoms with Crippen LogP contribution in [0.3, 0.4) is 0 Å². The number of hydrogen-bond acceptors (Lipinski definition) is 11. The van der Waals surface area contributed by atoms with Crippen LogP contribution in [0.25, 0.3) is 0 Å². The molecule has 0 saturated carbocycles. The molecule has 0 aromatic rings. The summed E-state index contributed by atoms with van der Waals surface area (Å²) in [7, 11) is -9.72. The van der Waals surface area contributed by atoms with Crippen molar-refractivity contribution >= 4 is 27.6 Å². The zero-order valence-corrected chi connectivity index (χ0v) is 41.6. The summed E-state index contributed by atoms with van der Waals surface area (Å²) < 4.78 is 47.8. The van der Waals surface area contributed by atoms with Gasteiger partial charge in [-0.05, 0) is 50.9 Å². The Bertz CT molecular complexity index is 1450. The van der Waals surface area contributed by atoms with Gasteiger partial charge in [0, 0.05) is 12.8 Å². The van der Waals surface area contributed by atoms with Crippen LogP contribution >= 0.6 is 15.6 Å². The predicted octanol–water partition coefficient (Wildman–Crippen LogP) is 11.8. The van der Waals surface area contributed by atoms with E-state index in [-0.39, 0.29) is 12.8 Å². The molecule has 0 aromatic carbocycles. The number of esters is 2. The average molecular weight is 961 g/mol. The summed E-state index contributed by atoms with van der Waals surface area (Å²) in [6.07, 6.45) is 43.7. The summed E-state index contributed by atoms with van der Waals surface area (Å²) in [5.74, 6) is -0.294. The lowest BCUT2D eigenvalue weighted by Crippen LogP contribution is -2.29. The fraction of sp³-hybridized carbons (Fsp3) is 0.714. The summed E-state index contributed by atoms with van der Waals surface area (Å²) in [5.41, 5.74) is 0. The van der Waals surface area contributed by atoms with Crippen molar-refractivity contribution in [1.82, 2.24) is 0 Å². The molecule has 0 aliphatic carbocycles. The number of phosphoric ester groups is 2. The molecule has 0 heterocycles. The third kappa shape index (κ3) is 46.4. The van der Waals surface area contributed by atoms with E-state index in [0.717, 1.165) is 44.4 Å². The Labute approximate surface area is 391 Å². The lowest BCUT2D eigenvalue weighted by Gasteiger charge is -2.20. The van der Waals surface area contributed by atoms with Gasteiger partial charge in [0.25, 0.3) is 0 Å². The summed E-state index contributed by atoms with van der Waals surface area (Å²) in [5, 5.41) is 19.6. The van der Waals surface area contributed by atoms with Crippen LogP contribution in [0.1, 0.15) is 175 Å². The van der Waals surface area contributed by atoms with Gasteiger partial charge in [-0.3, -0.25) is 23.2 Å². The number of aliphatic hydroxyl groups excluding tert-OH is 2. The topological polar surface area (TPSA) is 216 Å². The van der Waals surface area contributed by atoms with E-state index in [4.69, 9.17) is 23.8 Å². The molecule has 5 N–H and O–H groups in total. The number of ether oxygens (including phenoxy) is 2. The first kappa shape index (κ1) is 62.5. The van der Waals surface area contributed by atoms with Gasteiger partial charge in [0.2, 0.25) is 0 Å². The Balaban J connectivity index is 4.61. The van der Waals surface area contributed by atoms with Crippen LogP contribution in [0, 0.1) is 5.92 Å². The summed E-state index contributed by atoms with van der Waals surface area (Å²) in [6.45, 7) is 3.83. The van der Waals surface area contributed by atoms with Crippen LogP contribution in [-0.4, -0.2) is 81.6 Å². The Morgan fingerprint density at radius 3 is 1.66 bits per heavy atom. The van der Waals surface area contributed by atoms with E-state index in [9.17, 15) is 33.8 Å². The molecular formula is C49H86O14P2. The maximum absolute atomic E-state index is 12.7. The number of phosphoric acid groups is 2. The molecule has 0 saturated heterocycles. The standard InChI is InChI=1S/C49H86O14P2/c1-4-6-30-36-45(50)37-32-27-23-19-15-11-9-13-17-21-25-29-34-39-49(53)63-47(43-62-65(57,58)61-41-46(51)40-60-64(54,55)56)42-59-48(52)38-33-28-24-20-16-12-8-7-10-14-18-22-26-31-35-44(3)5-2/h6,11,13,15,17,23,25,27,29-30,32,37,44-47,50-51H,4-5,7-10,12,14,16,18-22,24,26,28,31,33-36,38-43H2,1-3H3,(H,57,58)(H2,54,55,56)/b15-11-,17-13-,27-23+,29-25-,30-6-,37-32+/t44?,45?,46-,47+/m0/s1. The monoisotopic (exact) mass is 961 g/mol. The van der Waals surface area contributed by atoms with E-state index in [1.165, 1.54) is 77.0 Å². The molecule has 65 heavy (non-hydrogen) atoms. The highest BCUT2D eigenvalue weighted by atomic mass is 31.2. The molecule has 14 nitrogen and oxygen atoms in total. The fourth-order valence-electron chi connectivity index (χ4n) is 6.20. The van der Waals surface area contributed by atoms with E-state index in [1.54, 1.807) is 6.08 Å². The summed E-state index contributed by atoms with van der Waals surface area (Å²) in [6, 6.07) is 0. The number of carbonyl (C=O) groups is 2. The third-order valence-electron chi connectivity index (χ3n) is 10.2. The molecule has 0 aliphatic heterocycles. The van der Waals surface area contributed by atoms with Gasteiger partial charge in [-0.15, -0.1) is 0 Å². The highest BCUT2D eigenvalue weighted by molar-refractivity contribution is 7.47. The van der Waals surface area contributed by atoms with E-state index < -0.39 is 72.3 Å². The van der Waals surface area contributed by atoms with Crippen molar-refractivity contribution in [3.05, 3.63) is 72.9 Å². The first-order chi connectivity index (χ1) is 31.2. The van der Waals surface area contributed by atoms with Crippen molar-refractivity contribution in [1.29, 1.82) is 0 Å². The van der Waals surface area contributed by atoms with Crippen molar-refractivity contribution in [2.24, 2.45) is 5.92 Å². The first-order valence-electron chi connectivity index (χ1n) is 24.1. The molecule has 3 unspecified atom stereocenters. The van der Waals surface area contributed by atoms with Crippen molar-refractivity contribution in [3.63, 3.8) is 0 Å². The minimum absolute atomic E-state index is 0.0112. The van der Waals surface area contributed by atoms with Crippen LogP contribution < -0.4 is 0 Å². The van der Waals surface area contributed by atoms with Crippen LogP contribution in [0.15, 0.2) is 72.9 Å². The Morgan fingerprint density at radius 1 is 0.569 bits per heavy atom. The zero-order chi connectivity index (χ0) is 48.3. The molecule has 0 fully saturated rings. The number of allylic oxidation sites excluding steroid dienone is 10.